The lowest BCUT2D eigenvalue weighted by Gasteiger charge is -2.32. The average Bonchev–Trinajstić information content (AvgIpc) is 3.26. The van der Waals surface area contributed by atoms with E-state index in [-0.39, 0.29) is 22.5 Å². The number of carbonyl (C=O) groups excluding carboxylic acids is 1. The Hall–Kier alpha value is -2.20. The van der Waals surface area contributed by atoms with Crippen molar-refractivity contribution in [2.75, 3.05) is 20.1 Å². The van der Waals surface area contributed by atoms with Gasteiger partial charge in [0.2, 0.25) is 5.09 Å². The number of furan rings is 1. The highest BCUT2D eigenvalue weighted by Gasteiger charge is 2.27. The van der Waals surface area contributed by atoms with Crippen LogP contribution in [0.25, 0.3) is 0 Å². The molecule has 1 saturated heterocycles. The molecule has 9 nitrogen and oxygen atoms in total. The number of sulfonamides is 1. The van der Waals surface area contributed by atoms with Crippen molar-refractivity contribution in [3.8, 4) is 0 Å². The first-order valence-electron chi connectivity index (χ1n) is 7.63. The summed E-state index contributed by atoms with van der Waals surface area (Å²) in [7, 11) is -2.40. The Bertz CT molecular complexity index is 799. The minimum Gasteiger partial charge on any atom is -0.451 e. The molecule has 1 unspecified atom stereocenters. The predicted octanol–water partition coefficient (Wildman–Crippen LogP) is 0.332. The highest BCUT2D eigenvalue weighted by molar-refractivity contribution is 7.89. The maximum absolute atomic E-state index is 12.6. The molecule has 2 aromatic rings. The molecule has 1 N–H and O–H groups in total. The number of amides is 1. The summed E-state index contributed by atoms with van der Waals surface area (Å²) in [5.74, 6) is 0.0661. The van der Waals surface area contributed by atoms with Crippen LogP contribution >= 0.6 is 0 Å². The lowest BCUT2D eigenvalue weighted by atomic mass is 9.97. The summed E-state index contributed by atoms with van der Waals surface area (Å²) < 4.78 is 32.3. The summed E-state index contributed by atoms with van der Waals surface area (Å²) in [5, 5.41) is 3.83. The molecule has 3 heterocycles. The van der Waals surface area contributed by atoms with Crippen LogP contribution in [0.3, 0.4) is 0 Å². The molecule has 0 aromatic carbocycles. The Labute approximate surface area is 139 Å². The molecule has 1 amide bonds. The van der Waals surface area contributed by atoms with Crippen molar-refractivity contribution < 1.29 is 17.6 Å². The van der Waals surface area contributed by atoms with E-state index in [0.717, 1.165) is 12.8 Å². The van der Waals surface area contributed by atoms with Crippen molar-refractivity contribution in [1.82, 2.24) is 24.4 Å². The summed E-state index contributed by atoms with van der Waals surface area (Å²) >= 11 is 0. The van der Waals surface area contributed by atoms with Crippen LogP contribution in [0.15, 0.2) is 34.5 Å². The first kappa shape index (κ1) is 16.7. The molecule has 24 heavy (non-hydrogen) atoms. The highest BCUT2D eigenvalue weighted by Crippen LogP contribution is 2.21. The van der Waals surface area contributed by atoms with Crippen LogP contribution in [0.5, 0.6) is 0 Å². The van der Waals surface area contributed by atoms with Gasteiger partial charge in [0.15, 0.2) is 0 Å². The van der Waals surface area contributed by atoms with E-state index in [1.807, 2.05) is 0 Å². The van der Waals surface area contributed by atoms with Gasteiger partial charge in [-0.25, -0.2) is 18.1 Å². The molecule has 1 atom stereocenters. The number of piperidine rings is 1. The fraction of sp³-hybridized carbons (Fsp3) is 0.500. The highest BCUT2D eigenvalue weighted by atomic mass is 32.2. The van der Waals surface area contributed by atoms with Crippen molar-refractivity contribution in [3.63, 3.8) is 0 Å². The first-order valence-corrected chi connectivity index (χ1v) is 9.11. The zero-order valence-electron chi connectivity index (χ0n) is 13.3. The molecule has 2 aromatic heterocycles. The van der Waals surface area contributed by atoms with Crippen LogP contribution in [-0.4, -0.2) is 54.1 Å². The van der Waals surface area contributed by atoms with Gasteiger partial charge in [-0.15, -0.1) is 0 Å². The minimum absolute atomic E-state index is 0.223. The van der Waals surface area contributed by atoms with Crippen LogP contribution in [-0.2, 0) is 16.6 Å². The maximum Gasteiger partial charge on any atom is 0.273 e. The molecule has 0 radical (unpaired) electrons. The second-order valence-corrected chi connectivity index (χ2v) is 7.56. The zero-order valence-corrected chi connectivity index (χ0v) is 14.1. The number of likely N-dealkylation sites (tertiary alicyclic amines) is 1. The molecule has 0 saturated carbocycles. The minimum atomic E-state index is -3.69. The van der Waals surface area contributed by atoms with E-state index in [1.54, 1.807) is 15.9 Å². The van der Waals surface area contributed by atoms with Crippen LogP contribution in [0.1, 0.15) is 23.2 Å². The predicted molar refractivity (Wildman–Crippen MR) is 83.6 cm³/mol. The number of rotatable bonds is 5. The lowest BCUT2D eigenvalue weighted by molar-refractivity contribution is 0.0659. The Balaban J connectivity index is 1.68. The fourth-order valence-electron chi connectivity index (χ4n) is 2.84. The molecule has 0 bridgehead atoms. The van der Waals surface area contributed by atoms with Crippen LogP contribution in [0.4, 0.5) is 0 Å². The van der Waals surface area contributed by atoms with Gasteiger partial charge >= 0.3 is 0 Å². The van der Waals surface area contributed by atoms with Crippen molar-refractivity contribution in [3.05, 3.63) is 30.5 Å². The Morgan fingerprint density at radius 3 is 3.04 bits per heavy atom. The third-order valence-corrected chi connectivity index (χ3v) is 5.36. The van der Waals surface area contributed by atoms with Crippen LogP contribution < -0.4 is 4.72 Å². The molecule has 0 spiro atoms. The van der Waals surface area contributed by atoms with E-state index in [1.165, 1.54) is 25.7 Å². The molecular formula is C14H19N5O4S. The molecule has 0 aliphatic carbocycles. The number of aromatic nitrogens is 3. The standard InChI is InChI=1S/C14H19N5O4S/c1-15-24(21,22)13-5-12(8-23-13)14(20)18-4-2-3-11(6-18)7-19-10-16-9-17-19/h5,8-11,15H,2-4,6-7H2,1H3. The van der Waals surface area contributed by atoms with E-state index in [0.29, 0.717) is 19.6 Å². The second-order valence-electron chi connectivity index (χ2n) is 5.74. The normalized spacial score (nSPS) is 18.7. The molecule has 1 aliphatic heterocycles. The summed E-state index contributed by atoms with van der Waals surface area (Å²) in [4.78, 5) is 18.2. The number of carbonyl (C=O) groups is 1. The summed E-state index contributed by atoms with van der Waals surface area (Å²) in [6.45, 7) is 1.94. The maximum atomic E-state index is 12.6. The number of nitrogens with zero attached hydrogens (tertiary/aromatic N) is 4. The molecular weight excluding hydrogens is 334 g/mol. The Morgan fingerprint density at radius 2 is 2.33 bits per heavy atom. The van der Waals surface area contributed by atoms with Crippen molar-refractivity contribution in [2.24, 2.45) is 5.92 Å². The van der Waals surface area contributed by atoms with E-state index >= 15 is 0 Å². The van der Waals surface area contributed by atoms with Crippen molar-refractivity contribution >= 4 is 15.9 Å². The quantitative estimate of drug-likeness (QED) is 0.829. The van der Waals surface area contributed by atoms with Gasteiger partial charge in [-0.3, -0.25) is 9.48 Å². The fourth-order valence-corrected chi connectivity index (χ4v) is 3.50. The molecule has 3 rings (SSSR count). The average molecular weight is 353 g/mol. The topological polar surface area (TPSA) is 110 Å². The second kappa shape index (κ2) is 6.73. The molecule has 130 valence electrons. The van der Waals surface area contributed by atoms with Crippen LogP contribution in [0, 0.1) is 5.92 Å². The van der Waals surface area contributed by atoms with E-state index < -0.39 is 10.0 Å². The molecule has 10 heteroatoms. The Kier molecular flexibility index (Phi) is 4.67. The van der Waals surface area contributed by atoms with Gasteiger partial charge in [0, 0.05) is 25.7 Å². The number of hydrogen-bond donors (Lipinski definition) is 1. The van der Waals surface area contributed by atoms with Crippen LogP contribution in [0.2, 0.25) is 0 Å². The van der Waals surface area contributed by atoms with Gasteiger partial charge in [-0.05, 0) is 25.8 Å². The largest absolute Gasteiger partial charge is 0.451 e. The van der Waals surface area contributed by atoms with Crippen molar-refractivity contribution in [1.29, 1.82) is 0 Å². The van der Waals surface area contributed by atoms with E-state index in [4.69, 9.17) is 4.42 Å². The van der Waals surface area contributed by atoms with E-state index in [9.17, 15) is 13.2 Å². The van der Waals surface area contributed by atoms with Gasteiger partial charge < -0.3 is 9.32 Å². The summed E-state index contributed by atoms with van der Waals surface area (Å²) in [6, 6.07) is 1.26. The lowest BCUT2D eigenvalue weighted by Crippen LogP contribution is -2.41. The monoisotopic (exact) mass is 353 g/mol. The van der Waals surface area contributed by atoms with Gasteiger partial charge in [0.1, 0.15) is 18.9 Å². The Morgan fingerprint density at radius 1 is 1.50 bits per heavy atom. The smallest absolute Gasteiger partial charge is 0.273 e. The zero-order chi connectivity index (χ0) is 17.2. The third kappa shape index (κ3) is 3.49. The van der Waals surface area contributed by atoms with Gasteiger partial charge in [-0.1, -0.05) is 0 Å². The summed E-state index contributed by atoms with van der Waals surface area (Å²) in [6.07, 6.45) is 6.24. The molecule has 1 aliphatic rings. The third-order valence-electron chi connectivity index (χ3n) is 4.07. The molecule has 1 fully saturated rings. The summed E-state index contributed by atoms with van der Waals surface area (Å²) in [5.41, 5.74) is 0.241. The number of hydrogen-bond acceptors (Lipinski definition) is 6. The number of nitrogens with one attached hydrogen (secondary N) is 1. The van der Waals surface area contributed by atoms with Crippen molar-refractivity contribution in [2.45, 2.75) is 24.5 Å². The SMILES string of the molecule is CNS(=O)(=O)c1cc(C(=O)N2CCCC(Cn3cncn3)C2)co1. The van der Waals surface area contributed by atoms with Gasteiger partial charge in [0.25, 0.3) is 15.9 Å². The first-order chi connectivity index (χ1) is 11.5. The van der Waals surface area contributed by atoms with Gasteiger partial charge in [0.05, 0.1) is 5.56 Å². The van der Waals surface area contributed by atoms with Gasteiger partial charge in [-0.2, -0.15) is 5.10 Å². The van der Waals surface area contributed by atoms with E-state index in [2.05, 4.69) is 14.8 Å².